The van der Waals surface area contributed by atoms with E-state index in [1.54, 1.807) is 0 Å². The van der Waals surface area contributed by atoms with E-state index in [1.807, 2.05) is 30.5 Å². The van der Waals surface area contributed by atoms with Crippen LogP contribution >= 0.6 is 0 Å². The average molecular weight is 522 g/mol. The van der Waals surface area contributed by atoms with Crippen LogP contribution in [0, 0.1) is 0 Å². The number of piperazine rings is 1. The van der Waals surface area contributed by atoms with E-state index in [2.05, 4.69) is 68.4 Å². The van der Waals surface area contributed by atoms with Crippen LogP contribution in [0.4, 0.5) is 28.8 Å². The Morgan fingerprint density at radius 1 is 0.919 bits per heavy atom. The van der Waals surface area contributed by atoms with Crippen LogP contribution in [-0.2, 0) is 23.0 Å². The fourth-order valence-corrected chi connectivity index (χ4v) is 5.67. The van der Waals surface area contributed by atoms with E-state index < -0.39 is 10.0 Å². The van der Waals surface area contributed by atoms with E-state index in [0.717, 1.165) is 73.8 Å². The van der Waals surface area contributed by atoms with Crippen molar-refractivity contribution >= 4 is 38.9 Å². The molecule has 5 rings (SSSR count). The third kappa shape index (κ3) is 6.57. The first-order valence-corrected chi connectivity index (χ1v) is 14.4. The Balaban J connectivity index is 1.22. The van der Waals surface area contributed by atoms with Crippen LogP contribution in [0.5, 0.6) is 0 Å². The standard InChI is InChI=1S/C27H35N7O2S/c1-3-21-19-28-27(31-23-8-10-24(11-9-23)34-16-14-33(2)15-17-34)32-26(21)30-22-6-4-20(5-7-22)18-29-37(35,36)25-12-13-25/h4-11,19,25,29H,3,12-18H2,1-2H3,(H2,28,30,31,32). The molecule has 2 fully saturated rings. The maximum absolute atomic E-state index is 12.1. The molecule has 0 spiro atoms. The zero-order valence-electron chi connectivity index (χ0n) is 21.4. The number of nitrogens with one attached hydrogen (secondary N) is 3. The number of nitrogens with zero attached hydrogens (tertiary/aromatic N) is 4. The molecule has 1 saturated heterocycles. The molecule has 196 valence electrons. The van der Waals surface area contributed by atoms with Crippen LogP contribution in [0.15, 0.2) is 54.7 Å². The quantitative estimate of drug-likeness (QED) is 0.370. The van der Waals surface area contributed by atoms with Crippen LogP contribution < -0.4 is 20.3 Å². The van der Waals surface area contributed by atoms with Crippen molar-refractivity contribution in [3.63, 3.8) is 0 Å². The Labute approximate surface area is 219 Å². The molecule has 0 unspecified atom stereocenters. The van der Waals surface area contributed by atoms with Gasteiger partial charge in [0, 0.05) is 61.5 Å². The summed E-state index contributed by atoms with van der Waals surface area (Å²) in [4.78, 5) is 14.0. The maximum Gasteiger partial charge on any atom is 0.229 e. The summed E-state index contributed by atoms with van der Waals surface area (Å²) in [5.41, 5.74) is 4.97. The van der Waals surface area contributed by atoms with E-state index in [0.29, 0.717) is 12.5 Å². The summed E-state index contributed by atoms with van der Waals surface area (Å²) < 4.78 is 26.8. The predicted octanol–water partition coefficient (Wildman–Crippen LogP) is 3.86. The number of benzene rings is 2. The summed E-state index contributed by atoms with van der Waals surface area (Å²) in [6.45, 7) is 6.61. The number of aromatic nitrogens is 2. The average Bonchev–Trinajstić information content (AvgIpc) is 3.76. The summed E-state index contributed by atoms with van der Waals surface area (Å²) in [6.07, 6.45) is 4.16. The highest BCUT2D eigenvalue weighted by Gasteiger charge is 2.35. The van der Waals surface area contributed by atoms with E-state index in [1.165, 1.54) is 5.69 Å². The monoisotopic (exact) mass is 521 g/mol. The molecule has 2 heterocycles. The van der Waals surface area contributed by atoms with Gasteiger partial charge in [0.15, 0.2) is 0 Å². The molecule has 3 aromatic rings. The van der Waals surface area contributed by atoms with E-state index in [4.69, 9.17) is 4.98 Å². The molecule has 37 heavy (non-hydrogen) atoms. The highest BCUT2D eigenvalue weighted by molar-refractivity contribution is 7.90. The zero-order chi connectivity index (χ0) is 25.8. The van der Waals surface area contributed by atoms with Crippen molar-refractivity contribution in [2.75, 3.05) is 48.8 Å². The lowest BCUT2D eigenvalue weighted by atomic mass is 10.2. The Morgan fingerprint density at radius 2 is 1.57 bits per heavy atom. The van der Waals surface area contributed by atoms with Gasteiger partial charge in [0.25, 0.3) is 0 Å². The highest BCUT2D eigenvalue weighted by Crippen LogP contribution is 2.28. The number of hydrogen-bond donors (Lipinski definition) is 3. The van der Waals surface area contributed by atoms with E-state index in [9.17, 15) is 8.42 Å². The van der Waals surface area contributed by atoms with Gasteiger partial charge < -0.3 is 20.4 Å². The largest absolute Gasteiger partial charge is 0.369 e. The van der Waals surface area contributed by atoms with Crippen molar-refractivity contribution in [3.05, 3.63) is 65.9 Å². The normalized spacial score (nSPS) is 16.5. The second kappa shape index (κ2) is 11.0. The second-order valence-corrected chi connectivity index (χ2v) is 11.8. The van der Waals surface area contributed by atoms with E-state index >= 15 is 0 Å². The third-order valence-corrected chi connectivity index (χ3v) is 8.79. The third-order valence-electron chi connectivity index (χ3n) is 6.89. The van der Waals surface area contributed by atoms with Gasteiger partial charge in [-0.25, -0.2) is 18.1 Å². The minimum absolute atomic E-state index is 0.212. The minimum atomic E-state index is -3.19. The first-order valence-electron chi connectivity index (χ1n) is 12.9. The number of hydrogen-bond acceptors (Lipinski definition) is 8. The van der Waals surface area contributed by atoms with Gasteiger partial charge in [0.05, 0.1) is 5.25 Å². The van der Waals surface area contributed by atoms with Crippen molar-refractivity contribution in [1.82, 2.24) is 19.6 Å². The molecule has 0 bridgehead atoms. The summed E-state index contributed by atoms with van der Waals surface area (Å²) in [7, 11) is -1.03. The molecule has 3 N–H and O–H groups in total. The fourth-order valence-electron chi connectivity index (χ4n) is 4.31. The lowest BCUT2D eigenvalue weighted by Crippen LogP contribution is -2.44. The maximum atomic E-state index is 12.1. The lowest BCUT2D eigenvalue weighted by Gasteiger charge is -2.34. The molecule has 2 aromatic carbocycles. The molecule has 1 aliphatic carbocycles. The van der Waals surface area contributed by atoms with Crippen molar-refractivity contribution in [2.45, 2.75) is 38.0 Å². The predicted molar refractivity (Wildman–Crippen MR) is 149 cm³/mol. The van der Waals surface area contributed by atoms with Crippen LogP contribution in [0.25, 0.3) is 0 Å². The van der Waals surface area contributed by atoms with Crippen LogP contribution in [0.3, 0.4) is 0 Å². The Kier molecular flexibility index (Phi) is 7.59. The second-order valence-electron chi connectivity index (χ2n) is 9.77. The van der Waals surface area contributed by atoms with Crippen LogP contribution in [0.1, 0.15) is 30.9 Å². The van der Waals surface area contributed by atoms with Crippen LogP contribution in [0.2, 0.25) is 0 Å². The van der Waals surface area contributed by atoms with Gasteiger partial charge in [-0.3, -0.25) is 0 Å². The number of anilines is 5. The van der Waals surface area contributed by atoms with Crippen molar-refractivity contribution < 1.29 is 8.42 Å². The number of rotatable bonds is 10. The highest BCUT2D eigenvalue weighted by atomic mass is 32.2. The molecule has 10 heteroatoms. The first kappa shape index (κ1) is 25.4. The minimum Gasteiger partial charge on any atom is -0.369 e. The smallest absolute Gasteiger partial charge is 0.229 e. The molecular formula is C27H35N7O2S. The Hall–Kier alpha value is -3.21. The zero-order valence-corrected chi connectivity index (χ0v) is 22.3. The molecule has 1 aromatic heterocycles. The topological polar surface area (TPSA) is 102 Å². The lowest BCUT2D eigenvalue weighted by molar-refractivity contribution is 0.313. The number of aryl methyl sites for hydroxylation is 1. The van der Waals surface area contributed by atoms with Gasteiger partial charge in [-0.15, -0.1) is 0 Å². The summed E-state index contributed by atoms with van der Waals surface area (Å²) in [6, 6.07) is 16.1. The van der Waals surface area contributed by atoms with Gasteiger partial charge in [0.1, 0.15) is 5.82 Å². The SMILES string of the molecule is CCc1cnc(Nc2ccc(N3CCN(C)CC3)cc2)nc1Nc1ccc(CNS(=O)(=O)C2CC2)cc1. The van der Waals surface area contributed by atoms with Gasteiger partial charge in [-0.2, -0.15) is 4.98 Å². The van der Waals surface area contributed by atoms with Gasteiger partial charge in [-0.05, 0) is 68.3 Å². The van der Waals surface area contributed by atoms with Gasteiger partial charge >= 0.3 is 0 Å². The number of likely N-dealkylation sites (N-methyl/N-ethyl adjacent to an activating group) is 1. The van der Waals surface area contributed by atoms with Crippen LogP contribution in [-0.4, -0.2) is 61.8 Å². The molecule has 9 nitrogen and oxygen atoms in total. The Morgan fingerprint density at radius 3 is 2.22 bits per heavy atom. The molecule has 1 aliphatic heterocycles. The van der Waals surface area contributed by atoms with Crippen molar-refractivity contribution in [3.8, 4) is 0 Å². The summed E-state index contributed by atoms with van der Waals surface area (Å²) >= 11 is 0. The molecule has 0 atom stereocenters. The first-order chi connectivity index (χ1) is 17.9. The van der Waals surface area contributed by atoms with E-state index in [-0.39, 0.29) is 5.25 Å². The fraction of sp³-hybridized carbons (Fsp3) is 0.407. The Bertz CT molecular complexity index is 1300. The van der Waals surface area contributed by atoms with Gasteiger partial charge in [-0.1, -0.05) is 19.1 Å². The molecule has 0 radical (unpaired) electrons. The molecular weight excluding hydrogens is 486 g/mol. The van der Waals surface area contributed by atoms with Crippen molar-refractivity contribution in [1.29, 1.82) is 0 Å². The summed E-state index contributed by atoms with van der Waals surface area (Å²) in [5, 5.41) is 6.50. The molecule has 0 amide bonds. The molecule has 2 aliphatic rings. The van der Waals surface area contributed by atoms with Crippen molar-refractivity contribution in [2.24, 2.45) is 0 Å². The molecule has 1 saturated carbocycles. The number of sulfonamides is 1. The summed E-state index contributed by atoms with van der Waals surface area (Å²) in [5.74, 6) is 1.27. The van der Waals surface area contributed by atoms with Gasteiger partial charge in [0.2, 0.25) is 16.0 Å².